The maximum Gasteiger partial charge on any atom is 0.232 e. The molecule has 0 bridgehead atoms. The van der Waals surface area contributed by atoms with Gasteiger partial charge in [-0.15, -0.1) is 0 Å². The number of hydrogen-bond donors (Lipinski definition) is 0. The number of amides is 1. The van der Waals surface area contributed by atoms with Crippen LogP contribution in [0.5, 0.6) is 0 Å². The number of rotatable bonds is 2. The van der Waals surface area contributed by atoms with Crippen LogP contribution in [0.4, 0.5) is 0 Å². The molecular weight excluding hydrogens is 212 g/mol. The summed E-state index contributed by atoms with van der Waals surface area (Å²) in [5, 5.41) is 0.437. The molecule has 0 saturated heterocycles. The minimum Gasteiger partial charge on any atom is -0.348 e. The van der Waals surface area contributed by atoms with Crippen LogP contribution < -0.4 is 0 Å². The summed E-state index contributed by atoms with van der Waals surface area (Å²) < 4.78 is 0. The Hall–Kier alpha value is -1.09. The molecule has 0 aromatic carbocycles. The van der Waals surface area contributed by atoms with E-state index in [0.29, 0.717) is 5.15 Å². The van der Waals surface area contributed by atoms with Crippen molar-refractivity contribution < 1.29 is 4.79 Å². The van der Waals surface area contributed by atoms with Gasteiger partial charge in [-0.05, 0) is 25.5 Å². The first-order valence-corrected chi connectivity index (χ1v) is 5.07. The van der Waals surface area contributed by atoms with Gasteiger partial charge in [0, 0.05) is 20.3 Å². The largest absolute Gasteiger partial charge is 0.348 e. The Kier molecular flexibility index (Phi) is 3.35. The molecule has 15 heavy (non-hydrogen) atoms. The third kappa shape index (κ3) is 2.48. The third-order valence-corrected chi connectivity index (χ3v) is 2.61. The monoisotopic (exact) mass is 226 g/mol. The molecule has 0 atom stereocenters. The van der Waals surface area contributed by atoms with Crippen molar-refractivity contribution in [2.24, 2.45) is 0 Å². The van der Waals surface area contributed by atoms with E-state index in [1.807, 2.05) is 19.9 Å². The highest BCUT2D eigenvalue weighted by Crippen LogP contribution is 2.24. The molecule has 0 spiro atoms. The van der Waals surface area contributed by atoms with E-state index in [0.717, 1.165) is 5.56 Å². The molecule has 3 nitrogen and oxygen atoms in total. The van der Waals surface area contributed by atoms with Crippen molar-refractivity contribution in [1.82, 2.24) is 9.88 Å². The van der Waals surface area contributed by atoms with E-state index in [-0.39, 0.29) is 5.91 Å². The van der Waals surface area contributed by atoms with Crippen LogP contribution in [0.1, 0.15) is 19.4 Å². The molecule has 0 aliphatic heterocycles. The Labute approximate surface area is 95.1 Å². The number of carbonyl (C=O) groups excluding carboxylic acids is 1. The van der Waals surface area contributed by atoms with Crippen molar-refractivity contribution in [3.8, 4) is 0 Å². The van der Waals surface area contributed by atoms with Crippen LogP contribution in [-0.4, -0.2) is 29.9 Å². The Morgan fingerprint density at radius 3 is 2.40 bits per heavy atom. The summed E-state index contributed by atoms with van der Waals surface area (Å²) >= 11 is 5.70. The number of pyridine rings is 1. The van der Waals surface area contributed by atoms with Crippen LogP contribution in [0.25, 0.3) is 0 Å². The van der Waals surface area contributed by atoms with E-state index < -0.39 is 5.41 Å². The van der Waals surface area contributed by atoms with E-state index in [4.69, 9.17) is 11.6 Å². The number of likely N-dealkylation sites (N-methyl/N-ethyl adjacent to an activating group) is 1. The lowest BCUT2D eigenvalue weighted by molar-refractivity contribution is -0.133. The van der Waals surface area contributed by atoms with E-state index in [9.17, 15) is 4.79 Å². The molecule has 1 aromatic heterocycles. The zero-order valence-corrected chi connectivity index (χ0v) is 10.2. The van der Waals surface area contributed by atoms with Crippen molar-refractivity contribution in [2.45, 2.75) is 19.3 Å². The van der Waals surface area contributed by atoms with Gasteiger partial charge in [-0.2, -0.15) is 0 Å². The van der Waals surface area contributed by atoms with Gasteiger partial charge in [0.05, 0.1) is 5.41 Å². The first-order valence-electron chi connectivity index (χ1n) is 4.69. The zero-order chi connectivity index (χ0) is 11.6. The second kappa shape index (κ2) is 4.19. The lowest BCUT2D eigenvalue weighted by Gasteiger charge is -2.27. The SMILES string of the molecule is CN(C)C(=O)C(C)(C)c1ccc(Cl)nc1. The Morgan fingerprint density at radius 2 is 2.00 bits per heavy atom. The standard InChI is InChI=1S/C11H15ClN2O/c1-11(2,10(15)14(3)4)8-5-6-9(12)13-7-8/h5-7H,1-4H3. The first kappa shape index (κ1) is 12.0. The minimum absolute atomic E-state index is 0.0478. The molecule has 0 radical (unpaired) electrons. The van der Waals surface area contributed by atoms with Crippen molar-refractivity contribution in [3.05, 3.63) is 29.0 Å². The molecule has 4 heteroatoms. The summed E-state index contributed by atoms with van der Waals surface area (Å²) in [6, 6.07) is 3.53. The maximum absolute atomic E-state index is 11.9. The quantitative estimate of drug-likeness (QED) is 0.724. The fraction of sp³-hybridized carbons (Fsp3) is 0.455. The molecule has 1 rings (SSSR count). The van der Waals surface area contributed by atoms with Gasteiger partial charge < -0.3 is 4.90 Å². The van der Waals surface area contributed by atoms with Gasteiger partial charge in [-0.25, -0.2) is 4.98 Å². The highest BCUT2D eigenvalue weighted by atomic mass is 35.5. The lowest BCUT2D eigenvalue weighted by atomic mass is 9.84. The summed E-state index contributed by atoms with van der Waals surface area (Å²) in [5.41, 5.74) is 0.298. The van der Waals surface area contributed by atoms with Gasteiger partial charge in [0.25, 0.3) is 0 Å². The second-order valence-corrected chi connectivity index (χ2v) is 4.58. The molecule has 0 unspecified atom stereocenters. The van der Waals surface area contributed by atoms with Crippen molar-refractivity contribution in [1.29, 1.82) is 0 Å². The number of hydrogen-bond acceptors (Lipinski definition) is 2. The molecule has 0 N–H and O–H groups in total. The first-order chi connectivity index (χ1) is 6.85. The van der Waals surface area contributed by atoms with Crippen LogP contribution in [0.15, 0.2) is 18.3 Å². The van der Waals surface area contributed by atoms with E-state index in [2.05, 4.69) is 4.98 Å². The summed E-state index contributed by atoms with van der Waals surface area (Å²) in [5.74, 6) is 0.0478. The van der Waals surface area contributed by atoms with Crippen LogP contribution in [0.2, 0.25) is 5.15 Å². The van der Waals surface area contributed by atoms with Crippen molar-refractivity contribution in [3.63, 3.8) is 0 Å². The summed E-state index contributed by atoms with van der Waals surface area (Å²) in [4.78, 5) is 17.5. The van der Waals surface area contributed by atoms with Crippen LogP contribution >= 0.6 is 11.6 Å². The van der Waals surface area contributed by atoms with Gasteiger partial charge in [-0.3, -0.25) is 4.79 Å². The molecule has 1 amide bonds. The van der Waals surface area contributed by atoms with Crippen LogP contribution in [-0.2, 0) is 10.2 Å². The maximum atomic E-state index is 11.9. The van der Waals surface area contributed by atoms with E-state index in [1.54, 1.807) is 31.3 Å². The molecule has 0 saturated carbocycles. The van der Waals surface area contributed by atoms with Gasteiger partial charge in [0.15, 0.2) is 0 Å². The highest BCUT2D eigenvalue weighted by Gasteiger charge is 2.31. The Bertz CT molecular complexity index is 357. The minimum atomic E-state index is -0.568. The van der Waals surface area contributed by atoms with Crippen LogP contribution in [0.3, 0.4) is 0 Å². The zero-order valence-electron chi connectivity index (χ0n) is 9.41. The second-order valence-electron chi connectivity index (χ2n) is 4.19. The Morgan fingerprint density at radius 1 is 1.40 bits per heavy atom. The molecule has 0 aliphatic rings. The predicted molar refractivity (Wildman–Crippen MR) is 61.0 cm³/mol. The predicted octanol–water partition coefficient (Wildman–Crippen LogP) is 2.10. The summed E-state index contributed by atoms with van der Waals surface area (Å²) in [7, 11) is 3.49. The van der Waals surface area contributed by atoms with Gasteiger partial charge >= 0.3 is 0 Å². The topological polar surface area (TPSA) is 33.2 Å². The lowest BCUT2D eigenvalue weighted by Crippen LogP contribution is -2.39. The van der Waals surface area contributed by atoms with E-state index in [1.165, 1.54) is 0 Å². The number of aromatic nitrogens is 1. The molecule has 0 fully saturated rings. The highest BCUT2D eigenvalue weighted by molar-refractivity contribution is 6.29. The number of halogens is 1. The average molecular weight is 227 g/mol. The fourth-order valence-electron chi connectivity index (χ4n) is 1.43. The van der Waals surface area contributed by atoms with Crippen molar-refractivity contribution in [2.75, 3.05) is 14.1 Å². The fourth-order valence-corrected chi connectivity index (χ4v) is 1.54. The Balaban J connectivity index is 3.05. The molecule has 1 heterocycles. The molecule has 82 valence electrons. The number of carbonyl (C=O) groups is 1. The smallest absolute Gasteiger partial charge is 0.232 e. The molecular formula is C11H15ClN2O. The molecule has 1 aromatic rings. The summed E-state index contributed by atoms with van der Waals surface area (Å²) in [6.45, 7) is 3.75. The normalized spacial score (nSPS) is 11.3. The molecule has 0 aliphatic carbocycles. The van der Waals surface area contributed by atoms with Crippen LogP contribution in [0, 0.1) is 0 Å². The average Bonchev–Trinajstić information content (AvgIpc) is 2.17. The van der Waals surface area contributed by atoms with Crippen molar-refractivity contribution >= 4 is 17.5 Å². The van der Waals surface area contributed by atoms with Gasteiger partial charge in [0.1, 0.15) is 5.15 Å². The van der Waals surface area contributed by atoms with E-state index >= 15 is 0 Å². The van der Waals surface area contributed by atoms with Gasteiger partial charge in [0.2, 0.25) is 5.91 Å². The number of nitrogens with zero attached hydrogens (tertiary/aromatic N) is 2. The summed E-state index contributed by atoms with van der Waals surface area (Å²) in [6.07, 6.45) is 1.64. The van der Waals surface area contributed by atoms with Gasteiger partial charge in [-0.1, -0.05) is 17.7 Å². The third-order valence-electron chi connectivity index (χ3n) is 2.39.